The summed E-state index contributed by atoms with van der Waals surface area (Å²) in [4.78, 5) is 4.87. The van der Waals surface area contributed by atoms with Crippen molar-refractivity contribution in [2.75, 3.05) is 0 Å². The zero-order chi connectivity index (χ0) is 35.8. The van der Waals surface area contributed by atoms with E-state index in [-0.39, 0.29) is 0 Å². The molecular formula is C53H35N. The lowest BCUT2D eigenvalue weighted by atomic mass is 9.84. The highest BCUT2D eigenvalue weighted by atomic mass is 14.7. The number of rotatable bonds is 6. The Bertz CT molecular complexity index is 2920. The second-order valence-electron chi connectivity index (χ2n) is 13.9. The molecule has 0 atom stereocenters. The molecule has 0 radical (unpaired) electrons. The number of nitrogens with zero attached hydrogens (tertiary/aromatic N) is 1. The van der Waals surface area contributed by atoms with Gasteiger partial charge in [-0.05, 0) is 107 Å². The Morgan fingerprint density at radius 3 is 1.37 bits per heavy atom. The molecular weight excluding hydrogens is 651 g/mol. The molecule has 0 aliphatic carbocycles. The molecule has 1 heterocycles. The monoisotopic (exact) mass is 685 g/mol. The first-order valence-electron chi connectivity index (χ1n) is 18.5. The second kappa shape index (κ2) is 13.5. The van der Waals surface area contributed by atoms with E-state index >= 15 is 0 Å². The number of pyridine rings is 1. The third-order valence-electron chi connectivity index (χ3n) is 10.7. The van der Waals surface area contributed by atoms with Crippen LogP contribution in [0.1, 0.15) is 0 Å². The second-order valence-corrected chi connectivity index (χ2v) is 13.9. The van der Waals surface area contributed by atoms with Gasteiger partial charge in [-0.25, -0.2) is 0 Å². The molecule has 252 valence electrons. The van der Waals surface area contributed by atoms with Crippen LogP contribution in [0.2, 0.25) is 0 Å². The summed E-state index contributed by atoms with van der Waals surface area (Å²) in [5.41, 5.74) is 14.3. The van der Waals surface area contributed by atoms with Gasteiger partial charge in [0.2, 0.25) is 0 Å². The number of aromatic nitrogens is 1. The van der Waals surface area contributed by atoms with Gasteiger partial charge in [0.15, 0.2) is 0 Å². The van der Waals surface area contributed by atoms with Crippen molar-refractivity contribution in [1.29, 1.82) is 0 Å². The summed E-state index contributed by atoms with van der Waals surface area (Å²) < 4.78 is 0. The van der Waals surface area contributed by atoms with Gasteiger partial charge in [0.05, 0.1) is 5.69 Å². The minimum Gasteiger partial charge on any atom is -0.256 e. The van der Waals surface area contributed by atoms with Crippen LogP contribution in [0, 0.1) is 0 Å². The molecule has 0 bridgehead atoms. The molecule has 54 heavy (non-hydrogen) atoms. The highest BCUT2D eigenvalue weighted by Crippen LogP contribution is 2.45. The molecule has 1 heteroatoms. The third kappa shape index (κ3) is 5.55. The highest BCUT2D eigenvalue weighted by molar-refractivity contribution is 6.21. The molecule has 0 spiro atoms. The van der Waals surface area contributed by atoms with Crippen molar-refractivity contribution in [3.63, 3.8) is 0 Å². The van der Waals surface area contributed by atoms with Crippen LogP contribution in [0.3, 0.4) is 0 Å². The van der Waals surface area contributed by atoms with Crippen molar-refractivity contribution < 1.29 is 0 Å². The van der Waals surface area contributed by atoms with Crippen LogP contribution < -0.4 is 0 Å². The van der Waals surface area contributed by atoms with Gasteiger partial charge < -0.3 is 0 Å². The number of hydrogen-bond donors (Lipinski definition) is 0. The summed E-state index contributed by atoms with van der Waals surface area (Å²) in [5, 5.41) is 7.29. The van der Waals surface area contributed by atoms with Crippen LogP contribution in [0.15, 0.2) is 212 Å². The fraction of sp³-hybridized carbons (Fsp3) is 0. The van der Waals surface area contributed by atoms with Crippen molar-refractivity contribution in [2.45, 2.75) is 0 Å². The van der Waals surface area contributed by atoms with Gasteiger partial charge in [-0.15, -0.1) is 0 Å². The van der Waals surface area contributed by atoms with E-state index in [1.165, 1.54) is 82.6 Å². The van der Waals surface area contributed by atoms with E-state index in [0.717, 1.165) is 16.6 Å². The van der Waals surface area contributed by atoms with E-state index < -0.39 is 0 Å². The Morgan fingerprint density at radius 1 is 0.259 bits per heavy atom. The summed E-state index contributed by atoms with van der Waals surface area (Å²) in [5.74, 6) is 0. The molecule has 10 rings (SSSR count). The predicted molar refractivity (Wildman–Crippen MR) is 229 cm³/mol. The first-order chi connectivity index (χ1) is 26.8. The largest absolute Gasteiger partial charge is 0.256 e. The van der Waals surface area contributed by atoms with Crippen LogP contribution >= 0.6 is 0 Å². The fourth-order valence-electron chi connectivity index (χ4n) is 8.23. The lowest BCUT2D eigenvalue weighted by Crippen LogP contribution is -1.92. The van der Waals surface area contributed by atoms with Crippen LogP contribution in [0.25, 0.3) is 99.2 Å². The van der Waals surface area contributed by atoms with Crippen molar-refractivity contribution in [3.8, 4) is 66.9 Å². The predicted octanol–water partition coefficient (Wildman–Crippen LogP) is 14.5. The summed E-state index contributed by atoms with van der Waals surface area (Å²) in [7, 11) is 0. The average Bonchev–Trinajstić information content (AvgIpc) is 3.26. The van der Waals surface area contributed by atoms with Gasteiger partial charge in [0.25, 0.3) is 0 Å². The Hall–Kier alpha value is -7.09. The zero-order valence-corrected chi connectivity index (χ0v) is 29.7. The van der Waals surface area contributed by atoms with Crippen molar-refractivity contribution in [3.05, 3.63) is 212 Å². The number of hydrogen-bond acceptors (Lipinski definition) is 1. The minimum absolute atomic E-state index is 1.00. The van der Waals surface area contributed by atoms with E-state index in [1.807, 2.05) is 6.20 Å². The highest BCUT2D eigenvalue weighted by Gasteiger charge is 2.18. The Labute approximate surface area is 315 Å². The lowest BCUT2D eigenvalue weighted by Gasteiger charge is -2.19. The summed E-state index contributed by atoms with van der Waals surface area (Å²) in [6.45, 7) is 0. The number of fused-ring (bicyclic) bond motifs is 3. The maximum absolute atomic E-state index is 4.87. The maximum Gasteiger partial charge on any atom is 0.0780 e. The van der Waals surface area contributed by atoms with Gasteiger partial charge in [-0.2, -0.15) is 0 Å². The minimum atomic E-state index is 1.00. The smallest absolute Gasteiger partial charge is 0.0780 e. The van der Waals surface area contributed by atoms with Crippen LogP contribution in [0.4, 0.5) is 0 Å². The van der Waals surface area contributed by atoms with Crippen molar-refractivity contribution >= 4 is 32.3 Å². The summed E-state index contributed by atoms with van der Waals surface area (Å²) in [6.07, 6.45) is 1.92. The van der Waals surface area contributed by atoms with Gasteiger partial charge >= 0.3 is 0 Å². The van der Waals surface area contributed by atoms with Crippen molar-refractivity contribution in [2.24, 2.45) is 0 Å². The molecule has 0 saturated heterocycles. The van der Waals surface area contributed by atoms with E-state index in [1.54, 1.807) is 0 Å². The summed E-state index contributed by atoms with van der Waals surface area (Å²) in [6, 6.07) is 74.7. The first kappa shape index (κ1) is 31.6. The Morgan fingerprint density at radius 2 is 0.741 bits per heavy atom. The maximum atomic E-state index is 4.87. The first-order valence-corrected chi connectivity index (χ1v) is 18.5. The molecule has 1 aromatic heterocycles. The molecule has 0 aliphatic heterocycles. The van der Waals surface area contributed by atoms with Crippen LogP contribution in [-0.4, -0.2) is 4.98 Å². The molecule has 0 unspecified atom stereocenters. The van der Waals surface area contributed by atoms with E-state index in [2.05, 4.69) is 206 Å². The summed E-state index contributed by atoms with van der Waals surface area (Å²) >= 11 is 0. The molecule has 9 aromatic carbocycles. The lowest BCUT2D eigenvalue weighted by molar-refractivity contribution is 1.36. The molecule has 0 fully saturated rings. The molecule has 0 amide bonds. The van der Waals surface area contributed by atoms with Gasteiger partial charge in [-0.1, -0.05) is 182 Å². The standard InChI is InChI=1S/C53H35N/c1-3-15-36(16-4-1)39-29-30-44(50(35-39)37-17-5-2-6-18-37)40-20-13-21-41(33-40)51-46-25-9-11-27-48(46)52(49-28-12-10-26-47(49)51)42-22-14-23-43(34-42)53-45-24-8-7-19-38(45)31-32-54-53/h1-35H. The van der Waals surface area contributed by atoms with Gasteiger partial charge in [0.1, 0.15) is 0 Å². The Balaban J connectivity index is 1.16. The quantitative estimate of drug-likeness (QED) is 0.159. The SMILES string of the molecule is c1ccc(-c2ccc(-c3cccc(-c4c5ccccc5c(-c5cccc(-c6nccc7ccccc67)c5)c5ccccc45)c3)c(-c3ccccc3)c2)cc1. The third-order valence-corrected chi connectivity index (χ3v) is 10.7. The average molecular weight is 686 g/mol. The molecule has 0 aliphatic rings. The normalized spacial score (nSPS) is 11.3. The van der Waals surface area contributed by atoms with E-state index in [9.17, 15) is 0 Å². The van der Waals surface area contributed by atoms with E-state index in [0.29, 0.717) is 0 Å². The molecule has 1 nitrogen and oxygen atoms in total. The molecule has 0 N–H and O–H groups in total. The van der Waals surface area contributed by atoms with Gasteiger partial charge in [0, 0.05) is 17.1 Å². The van der Waals surface area contributed by atoms with Crippen LogP contribution in [0.5, 0.6) is 0 Å². The van der Waals surface area contributed by atoms with E-state index in [4.69, 9.17) is 4.98 Å². The molecule has 10 aromatic rings. The zero-order valence-electron chi connectivity index (χ0n) is 29.7. The fourth-order valence-corrected chi connectivity index (χ4v) is 8.23. The van der Waals surface area contributed by atoms with Crippen molar-refractivity contribution in [1.82, 2.24) is 4.98 Å². The van der Waals surface area contributed by atoms with Crippen LogP contribution in [-0.2, 0) is 0 Å². The number of benzene rings is 9. The Kier molecular flexibility index (Phi) is 7.89. The molecule has 0 saturated carbocycles. The van der Waals surface area contributed by atoms with Gasteiger partial charge in [-0.3, -0.25) is 4.98 Å². The topological polar surface area (TPSA) is 12.9 Å².